The zero-order valence-corrected chi connectivity index (χ0v) is 7.84. The van der Waals surface area contributed by atoms with E-state index in [0.29, 0.717) is 5.56 Å². The summed E-state index contributed by atoms with van der Waals surface area (Å²) in [6.07, 6.45) is 0. The SMILES string of the molecule is Cc1cc(F)c(C(=O)Cl)c([N+](=O)[O-])c1. The second-order valence-corrected chi connectivity index (χ2v) is 3.01. The summed E-state index contributed by atoms with van der Waals surface area (Å²) in [5.41, 5.74) is -0.944. The van der Waals surface area contributed by atoms with Crippen LogP contribution in [0.15, 0.2) is 12.1 Å². The van der Waals surface area contributed by atoms with Gasteiger partial charge in [-0.15, -0.1) is 0 Å². The molecule has 1 aromatic carbocycles. The Morgan fingerprint density at radius 1 is 1.57 bits per heavy atom. The van der Waals surface area contributed by atoms with Crippen LogP contribution in [0, 0.1) is 22.9 Å². The molecule has 0 aliphatic carbocycles. The number of nitrogens with zero attached hydrogens (tertiary/aromatic N) is 1. The van der Waals surface area contributed by atoms with E-state index in [0.717, 1.165) is 12.1 Å². The molecule has 0 atom stereocenters. The van der Waals surface area contributed by atoms with E-state index in [2.05, 4.69) is 0 Å². The van der Waals surface area contributed by atoms with Crippen molar-refractivity contribution >= 4 is 22.5 Å². The summed E-state index contributed by atoms with van der Waals surface area (Å²) in [6, 6.07) is 2.11. The second-order valence-electron chi connectivity index (χ2n) is 2.67. The first kappa shape index (κ1) is 10.6. The van der Waals surface area contributed by atoms with Crippen LogP contribution in [0.5, 0.6) is 0 Å². The van der Waals surface area contributed by atoms with Crippen LogP contribution in [-0.2, 0) is 0 Å². The predicted octanol–water partition coefficient (Wildman–Crippen LogP) is 2.42. The molecule has 0 heterocycles. The minimum Gasteiger partial charge on any atom is -0.275 e. The summed E-state index contributed by atoms with van der Waals surface area (Å²) in [6.45, 7) is 1.48. The number of hydrogen-bond acceptors (Lipinski definition) is 3. The molecule has 0 aliphatic heterocycles. The quantitative estimate of drug-likeness (QED) is 0.434. The Kier molecular flexibility index (Phi) is 2.81. The molecule has 0 radical (unpaired) electrons. The number of nitro groups is 1. The molecular weight excluding hydrogens is 213 g/mol. The molecule has 0 aromatic heterocycles. The first-order chi connectivity index (χ1) is 6.43. The minimum atomic E-state index is -1.17. The molecule has 1 aromatic rings. The number of hydrogen-bond donors (Lipinski definition) is 0. The van der Waals surface area contributed by atoms with E-state index in [1.54, 1.807) is 0 Å². The van der Waals surface area contributed by atoms with E-state index < -0.39 is 27.2 Å². The normalized spacial score (nSPS) is 9.93. The number of benzene rings is 1. The number of aryl methyl sites for hydroxylation is 1. The second kappa shape index (κ2) is 3.71. The molecule has 0 aliphatic rings. The maximum absolute atomic E-state index is 13.1. The zero-order valence-electron chi connectivity index (χ0n) is 7.08. The Bertz CT molecular complexity index is 419. The highest BCUT2D eigenvalue weighted by molar-refractivity contribution is 6.68. The fraction of sp³-hybridized carbons (Fsp3) is 0.125. The lowest BCUT2D eigenvalue weighted by Crippen LogP contribution is -2.02. The molecule has 0 saturated carbocycles. The molecule has 14 heavy (non-hydrogen) atoms. The summed E-state index contributed by atoms with van der Waals surface area (Å²) < 4.78 is 13.1. The molecule has 74 valence electrons. The van der Waals surface area contributed by atoms with E-state index in [-0.39, 0.29) is 0 Å². The van der Waals surface area contributed by atoms with Gasteiger partial charge in [0.2, 0.25) is 0 Å². The molecule has 0 unspecified atom stereocenters. The molecule has 1 rings (SSSR count). The lowest BCUT2D eigenvalue weighted by atomic mass is 10.1. The first-order valence-corrected chi connectivity index (χ1v) is 3.95. The van der Waals surface area contributed by atoms with Crippen molar-refractivity contribution < 1.29 is 14.1 Å². The van der Waals surface area contributed by atoms with Crippen LogP contribution in [0.25, 0.3) is 0 Å². The van der Waals surface area contributed by atoms with Crippen molar-refractivity contribution in [3.63, 3.8) is 0 Å². The third-order valence-corrected chi connectivity index (χ3v) is 1.80. The number of halogens is 2. The molecular formula is C8H5ClFNO3. The van der Waals surface area contributed by atoms with Gasteiger partial charge in [0, 0.05) is 6.07 Å². The van der Waals surface area contributed by atoms with Gasteiger partial charge in [-0.3, -0.25) is 14.9 Å². The van der Waals surface area contributed by atoms with Crippen molar-refractivity contribution in [2.24, 2.45) is 0 Å². The fourth-order valence-electron chi connectivity index (χ4n) is 1.06. The Labute approximate surface area is 83.4 Å². The predicted molar refractivity (Wildman–Crippen MR) is 48.0 cm³/mol. The van der Waals surface area contributed by atoms with Gasteiger partial charge in [-0.25, -0.2) is 4.39 Å². The largest absolute Gasteiger partial charge is 0.284 e. The Morgan fingerprint density at radius 2 is 2.14 bits per heavy atom. The van der Waals surface area contributed by atoms with E-state index in [9.17, 15) is 19.3 Å². The van der Waals surface area contributed by atoms with Crippen molar-refractivity contribution in [3.8, 4) is 0 Å². The maximum atomic E-state index is 13.1. The van der Waals surface area contributed by atoms with Crippen LogP contribution < -0.4 is 0 Å². The summed E-state index contributed by atoms with van der Waals surface area (Å²) in [5.74, 6) is -0.975. The Balaban J connectivity index is 3.52. The van der Waals surface area contributed by atoms with E-state index in [1.165, 1.54) is 6.92 Å². The molecule has 0 spiro atoms. The smallest absolute Gasteiger partial charge is 0.275 e. The van der Waals surface area contributed by atoms with Gasteiger partial charge in [0.25, 0.3) is 10.9 Å². The minimum absolute atomic E-state index is 0.357. The average Bonchev–Trinajstić information content (AvgIpc) is 2.01. The van der Waals surface area contributed by atoms with E-state index in [4.69, 9.17) is 11.6 Å². The van der Waals surface area contributed by atoms with Crippen molar-refractivity contribution in [2.75, 3.05) is 0 Å². The van der Waals surface area contributed by atoms with E-state index >= 15 is 0 Å². The molecule has 0 bridgehead atoms. The van der Waals surface area contributed by atoms with Crippen LogP contribution in [0.4, 0.5) is 10.1 Å². The molecule has 4 nitrogen and oxygen atoms in total. The first-order valence-electron chi connectivity index (χ1n) is 3.58. The molecule has 0 N–H and O–H groups in total. The number of carbonyl (C=O) groups is 1. The molecule has 0 amide bonds. The molecule has 6 heteroatoms. The van der Waals surface area contributed by atoms with Gasteiger partial charge in [-0.1, -0.05) is 0 Å². The third kappa shape index (κ3) is 1.88. The fourth-order valence-corrected chi connectivity index (χ4v) is 1.25. The highest BCUT2D eigenvalue weighted by Crippen LogP contribution is 2.24. The lowest BCUT2D eigenvalue weighted by Gasteiger charge is -2.00. The summed E-state index contributed by atoms with van der Waals surface area (Å²) >= 11 is 5.03. The van der Waals surface area contributed by atoms with Crippen molar-refractivity contribution in [3.05, 3.63) is 39.2 Å². The monoisotopic (exact) mass is 217 g/mol. The maximum Gasteiger partial charge on any atom is 0.284 e. The van der Waals surface area contributed by atoms with Gasteiger partial charge in [0.1, 0.15) is 11.4 Å². The highest BCUT2D eigenvalue weighted by Gasteiger charge is 2.23. The summed E-state index contributed by atoms with van der Waals surface area (Å²) in [7, 11) is 0. The molecule has 0 fully saturated rings. The van der Waals surface area contributed by atoms with Gasteiger partial charge < -0.3 is 0 Å². The Hall–Kier alpha value is -1.49. The average molecular weight is 218 g/mol. The zero-order chi connectivity index (χ0) is 10.9. The van der Waals surface area contributed by atoms with Crippen molar-refractivity contribution in [1.29, 1.82) is 0 Å². The third-order valence-electron chi connectivity index (χ3n) is 1.61. The van der Waals surface area contributed by atoms with Crippen LogP contribution in [-0.4, -0.2) is 10.2 Å². The van der Waals surface area contributed by atoms with Gasteiger partial charge >= 0.3 is 0 Å². The van der Waals surface area contributed by atoms with Gasteiger partial charge in [-0.05, 0) is 30.2 Å². The van der Waals surface area contributed by atoms with Crippen LogP contribution >= 0.6 is 11.6 Å². The van der Waals surface area contributed by atoms with Crippen LogP contribution in [0.2, 0.25) is 0 Å². The van der Waals surface area contributed by atoms with Gasteiger partial charge in [-0.2, -0.15) is 0 Å². The lowest BCUT2D eigenvalue weighted by molar-refractivity contribution is -0.385. The summed E-state index contributed by atoms with van der Waals surface area (Å²) in [4.78, 5) is 20.3. The van der Waals surface area contributed by atoms with Crippen molar-refractivity contribution in [2.45, 2.75) is 6.92 Å². The number of rotatable bonds is 2. The number of nitro benzene ring substituents is 1. The summed E-state index contributed by atoms with van der Waals surface area (Å²) in [5, 5.41) is 9.29. The van der Waals surface area contributed by atoms with Crippen LogP contribution in [0.1, 0.15) is 15.9 Å². The Morgan fingerprint density at radius 3 is 2.57 bits per heavy atom. The highest BCUT2D eigenvalue weighted by atomic mass is 35.5. The van der Waals surface area contributed by atoms with E-state index in [1.807, 2.05) is 0 Å². The molecule has 0 saturated heterocycles. The van der Waals surface area contributed by atoms with Gasteiger partial charge in [0.15, 0.2) is 0 Å². The number of carbonyl (C=O) groups excluding carboxylic acids is 1. The topological polar surface area (TPSA) is 60.2 Å². The van der Waals surface area contributed by atoms with Crippen LogP contribution in [0.3, 0.4) is 0 Å². The van der Waals surface area contributed by atoms with Crippen molar-refractivity contribution in [1.82, 2.24) is 0 Å². The van der Waals surface area contributed by atoms with Gasteiger partial charge in [0.05, 0.1) is 4.92 Å². The standard InChI is InChI=1S/C8H5ClFNO3/c1-4-2-5(10)7(8(9)12)6(3-4)11(13)14/h2-3H,1H3.